The zero-order valence-corrected chi connectivity index (χ0v) is 10.7. The number of thiocarbonyl (C=S) groups is 1. The first kappa shape index (κ1) is 13.6. The molecular weight excluding hydrogens is 237 g/mol. The number of halogens is 1. The van der Waals surface area contributed by atoms with Crippen LogP contribution in [0.2, 0.25) is 0 Å². The third-order valence-corrected chi connectivity index (χ3v) is 2.61. The maximum Gasteiger partial charge on any atom is 0.184 e. The van der Waals surface area contributed by atoms with Gasteiger partial charge in [0.1, 0.15) is 5.82 Å². The van der Waals surface area contributed by atoms with Gasteiger partial charge >= 0.3 is 0 Å². The smallest absolute Gasteiger partial charge is 0.184 e. The largest absolute Gasteiger partial charge is 0.375 e. The molecule has 0 spiro atoms. The number of hydrazone groups is 1. The van der Waals surface area contributed by atoms with Crippen LogP contribution in [0.1, 0.15) is 25.8 Å². The Bertz CT molecular complexity index is 432. The number of nitrogens with zero attached hydrogens (tertiary/aromatic N) is 1. The van der Waals surface area contributed by atoms with Crippen LogP contribution in [0.25, 0.3) is 0 Å². The summed E-state index contributed by atoms with van der Waals surface area (Å²) in [5, 5.41) is 4.16. The summed E-state index contributed by atoms with van der Waals surface area (Å²) in [6, 6.07) is 6.53. The SMILES string of the molecule is CCC(C)C(=NNC(N)=S)c1ccccc1F. The lowest BCUT2D eigenvalue weighted by Crippen LogP contribution is -2.27. The average molecular weight is 253 g/mol. The maximum atomic E-state index is 13.7. The second-order valence-electron chi connectivity index (χ2n) is 3.76. The van der Waals surface area contributed by atoms with E-state index in [-0.39, 0.29) is 16.8 Å². The van der Waals surface area contributed by atoms with Gasteiger partial charge in [0.25, 0.3) is 0 Å². The van der Waals surface area contributed by atoms with Gasteiger partial charge in [-0.3, -0.25) is 5.43 Å². The Kier molecular flexibility index (Phi) is 5.03. The zero-order valence-electron chi connectivity index (χ0n) is 9.90. The molecule has 92 valence electrons. The number of hydrogen-bond acceptors (Lipinski definition) is 2. The van der Waals surface area contributed by atoms with E-state index in [0.717, 1.165) is 6.42 Å². The summed E-state index contributed by atoms with van der Waals surface area (Å²) in [5.41, 5.74) is 8.94. The van der Waals surface area contributed by atoms with Gasteiger partial charge in [-0.05, 0) is 24.7 Å². The number of rotatable bonds is 4. The Morgan fingerprint density at radius 2 is 2.18 bits per heavy atom. The highest BCUT2D eigenvalue weighted by Gasteiger charge is 2.15. The second-order valence-corrected chi connectivity index (χ2v) is 4.20. The summed E-state index contributed by atoms with van der Waals surface area (Å²) in [4.78, 5) is 0. The van der Waals surface area contributed by atoms with Gasteiger partial charge in [0.05, 0.1) is 5.71 Å². The monoisotopic (exact) mass is 253 g/mol. The summed E-state index contributed by atoms with van der Waals surface area (Å²) in [6.45, 7) is 3.99. The van der Waals surface area contributed by atoms with Crippen molar-refractivity contribution in [2.45, 2.75) is 20.3 Å². The molecule has 0 bridgehead atoms. The highest BCUT2D eigenvalue weighted by Crippen LogP contribution is 2.15. The minimum Gasteiger partial charge on any atom is -0.375 e. The number of nitrogens with two attached hydrogens (primary N) is 1. The van der Waals surface area contributed by atoms with Crippen molar-refractivity contribution in [1.29, 1.82) is 0 Å². The Morgan fingerprint density at radius 1 is 1.53 bits per heavy atom. The van der Waals surface area contributed by atoms with E-state index in [1.165, 1.54) is 6.07 Å². The topological polar surface area (TPSA) is 50.4 Å². The first-order chi connectivity index (χ1) is 8.06. The van der Waals surface area contributed by atoms with Crippen LogP contribution in [0, 0.1) is 11.7 Å². The molecule has 0 fully saturated rings. The minimum absolute atomic E-state index is 0.0714. The molecule has 0 aliphatic carbocycles. The van der Waals surface area contributed by atoms with Gasteiger partial charge in [0.2, 0.25) is 0 Å². The zero-order chi connectivity index (χ0) is 12.8. The molecule has 1 atom stereocenters. The molecule has 1 rings (SSSR count). The molecule has 0 saturated heterocycles. The van der Waals surface area contributed by atoms with Crippen molar-refractivity contribution in [1.82, 2.24) is 5.43 Å². The van der Waals surface area contributed by atoms with E-state index in [0.29, 0.717) is 11.3 Å². The van der Waals surface area contributed by atoms with Crippen molar-refractivity contribution in [3.63, 3.8) is 0 Å². The van der Waals surface area contributed by atoms with Crippen LogP contribution < -0.4 is 11.2 Å². The molecule has 3 N–H and O–H groups in total. The standard InChI is InChI=1S/C12H16FN3S/c1-3-8(2)11(15-16-12(14)17)9-6-4-5-7-10(9)13/h4-8H,3H2,1-2H3,(H3,14,16,17). The molecule has 0 heterocycles. The maximum absolute atomic E-state index is 13.7. The van der Waals surface area contributed by atoms with E-state index in [1.54, 1.807) is 18.2 Å². The van der Waals surface area contributed by atoms with Crippen LogP contribution in [0.15, 0.2) is 29.4 Å². The lowest BCUT2D eigenvalue weighted by atomic mass is 9.96. The summed E-state index contributed by atoms with van der Waals surface area (Å²) in [6.07, 6.45) is 0.853. The summed E-state index contributed by atoms with van der Waals surface area (Å²) in [5.74, 6) is -0.176. The van der Waals surface area contributed by atoms with Gasteiger partial charge in [0.15, 0.2) is 5.11 Å². The average Bonchev–Trinajstić information content (AvgIpc) is 2.30. The Hall–Kier alpha value is -1.49. The molecular formula is C12H16FN3S. The number of hydrogen-bond donors (Lipinski definition) is 2. The molecule has 1 aromatic rings. The Labute approximate surface area is 106 Å². The van der Waals surface area contributed by atoms with Crippen molar-refractivity contribution in [2.24, 2.45) is 16.8 Å². The van der Waals surface area contributed by atoms with E-state index in [1.807, 2.05) is 13.8 Å². The molecule has 17 heavy (non-hydrogen) atoms. The Balaban J connectivity index is 3.11. The van der Waals surface area contributed by atoms with E-state index in [9.17, 15) is 4.39 Å². The molecule has 1 aromatic carbocycles. The predicted octanol–water partition coefficient (Wildman–Crippen LogP) is 2.41. The van der Waals surface area contributed by atoms with Crippen molar-refractivity contribution in [2.75, 3.05) is 0 Å². The van der Waals surface area contributed by atoms with Gasteiger partial charge in [-0.25, -0.2) is 4.39 Å². The minimum atomic E-state index is -0.295. The van der Waals surface area contributed by atoms with Crippen LogP contribution in [-0.2, 0) is 0 Å². The van der Waals surface area contributed by atoms with Gasteiger partial charge in [-0.1, -0.05) is 32.0 Å². The van der Waals surface area contributed by atoms with Gasteiger partial charge < -0.3 is 5.73 Å². The fourth-order valence-corrected chi connectivity index (χ4v) is 1.46. The summed E-state index contributed by atoms with van der Waals surface area (Å²) < 4.78 is 13.7. The lowest BCUT2D eigenvalue weighted by Gasteiger charge is -2.13. The predicted molar refractivity (Wildman–Crippen MR) is 72.3 cm³/mol. The first-order valence-electron chi connectivity index (χ1n) is 5.44. The Morgan fingerprint density at radius 3 is 2.71 bits per heavy atom. The molecule has 0 aromatic heterocycles. The third-order valence-electron chi connectivity index (χ3n) is 2.52. The van der Waals surface area contributed by atoms with Gasteiger partial charge in [0, 0.05) is 11.5 Å². The van der Waals surface area contributed by atoms with Gasteiger partial charge in [-0.15, -0.1) is 0 Å². The molecule has 0 aliphatic rings. The van der Waals surface area contributed by atoms with Crippen LogP contribution in [0.3, 0.4) is 0 Å². The van der Waals surface area contributed by atoms with E-state index in [2.05, 4.69) is 22.7 Å². The number of benzene rings is 1. The quantitative estimate of drug-likeness (QED) is 0.492. The fourth-order valence-electron chi connectivity index (χ4n) is 1.41. The molecule has 0 saturated carbocycles. The fraction of sp³-hybridized carbons (Fsp3) is 0.333. The van der Waals surface area contributed by atoms with E-state index >= 15 is 0 Å². The van der Waals surface area contributed by atoms with Crippen molar-refractivity contribution in [3.8, 4) is 0 Å². The van der Waals surface area contributed by atoms with Crippen LogP contribution in [-0.4, -0.2) is 10.8 Å². The second kappa shape index (κ2) is 6.30. The molecule has 0 aliphatic heterocycles. The molecule has 0 amide bonds. The normalized spacial score (nSPS) is 13.2. The van der Waals surface area contributed by atoms with Crippen molar-refractivity contribution >= 4 is 23.0 Å². The van der Waals surface area contributed by atoms with E-state index in [4.69, 9.17) is 5.73 Å². The van der Waals surface area contributed by atoms with Crippen molar-refractivity contribution in [3.05, 3.63) is 35.6 Å². The number of nitrogens with one attached hydrogen (secondary N) is 1. The molecule has 1 unspecified atom stereocenters. The summed E-state index contributed by atoms with van der Waals surface area (Å²) in [7, 11) is 0. The van der Waals surface area contributed by atoms with Crippen molar-refractivity contribution < 1.29 is 4.39 Å². The van der Waals surface area contributed by atoms with Crippen LogP contribution in [0.4, 0.5) is 4.39 Å². The third kappa shape index (κ3) is 3.78. The van der Waals surface area contributed by atoms with E-state index < -0.39 is 0 Å². The lowest BCUT2D eigenvalue weighted by molar-refractivity contribution is 0.620. The molecule has 5 heteroatoms. The first-order valence-corrected chi connectivity index (χ1v) is 5.85. The summed E-state index contributed by atoms with van der Waals surface area (Å²) >= 11 is 4.69. The molecule has 3 nitrogen and oxygen atoms in total. The highest BCUT2D eigenvalue weighted by atomic mass is 32.1. The molecule has 0 radical (unpaired) electrons. The van der Waals surface area contributed by atoms with Crippen LogP contribution >= 0.6 is 12.2 Å². The van der Waals surface area contributed by atoms with Gasteiger partial charge in [-0.2, -0.15) is 5.10 Å². The van der Waals surface area contributed by atoms with Crippen LogP contribution in [0.5, 0.6) is 0 Å². The highest BCUT2D eigenvalue weighted by molar-refractivity contribution is 7.80.